The Labute approximate surface area is 186 Å². The van der Waals surface area contributed by atoms with E-state index < -0.39 is 0 Å². The Morgan fingerprint density at radius 3 is 2.78 bits per heavy atom. The van der Waals surface area contributed by atoms with Crippen molar-refractivity contribution in [1.82, 2.24) is 24.3 Å². The molecule has 5 rings (SSSR count). The number of rotatable bonds is 6. The summed E-state index contributed by atoms with van der Waals surface area (Å²) in [6.07, 6.45) is 5.85. The van der Waals surface area contributed by atoms with Crippen LogP contribution in [0.1, 0.15) is 35.8 Å². The summed E-state index contributed by atoms with van der Waals surface area (Å²) < 4.78 is 15.0. The van der Waals surface area contributed by atoms with Gasteiger partial charge >= 0.3 is 0 Å². The average Bonchev–Trinajstić information content (AvgIpc) is 3.44. The van der Waals surface area contributed by atoms with Gasteiger partial charge in [0.05, 0.1) is 31.9 Å². The molecule has 1 aliphatic heterocycles. The van der Waals surface area contributed by atoms with E-state index in [9.17, 15) is 0 Å². The van der Waals surface area contributed by atoms with E-state index in [0.717, 1.165) is 53.8 Å². The molecule has 1 N–H and O–H groups in total. The molecule has 0 aliphatic carbocycles. The van der Waals surface area contributed by atoms with Crippen LogP contribution in [0.5, 0.6) is 11.5 Å². The Bertz CT molecular complexity index is 1250. The fourth-order valence-corrected chi connectivity index (χ4v) is 4.23. The first-order chi connectivity index (χ1) is 15.6. The van der Waals surface area contributed by atoms with Gasteiger partial charge in [-0.3, -0.25) is 0 Å². The van der Waals surface area contributed by atoms with Crippen LogP contribution in [0.2, 0.25) is 0 Å². The lowest BCUT2D eigenvalue weighted by Gasteiger charge is -2.22. The summed E-state index contributed by atoms with van der Waals surface area (Å²) >= 11 is 0. The van der Waals surface area contributed by atoms with Gasteiger partial charge in [0, 0.05) is 30.4 Å². The fourth-order valence-electron chi connectivity index (χ4n) is 4.23. The maximum absolute atomic E-state index is 5.62. The highest BCUT2D eigenvalue weighted by Gasteiger charge is 2.26. The summed E-state index contributed by atoms with van der Waals surface area (Å²) in [6.45, 7) is 2.83. The zero-order valence-corrected chi connectivity index (χ0v) is 18.4. The lowest BCUT2D eigenvalue weighted by Crippen LogP contribution is -2.18. The monoisotopic (exact) mass is 430 g/mol. The molecule has 0 bridgehead atoms. The largest absolute Gasteiger partial charge is 0.497 e. The van der Waals surface area contributed by atoms with Gasteiger partial charge in [-0.05, 0) is 49.6 Å². The van der Waals surface area contributed by atoms with Crippen LogP contribution in [0, 0.1) is 6.92 Å². The van der Waals surface area contributed by atoms with Crippen LogP contribution in [0.4, 0.5) is 11.6 Å². The molecule has 0 saturated heterocycles. The van der Waals surface area contributed by atoms with Crippen molar-refractivity contribution in [1.29, 1.82) is 0 Å². The molecule has 8 heteroatoms. The van der Waals surface area contributed by atoms with Gasteiger partial charge in [0.2, 0.25) is 5.95 Å². The molecule has 0 saturated carbocycles. The van der Waals surface area contributed by atoms with Crippen LogP contribution >= 0.6 is 0 Å². The van der Waals surface area contributed by atoms with Gasteiger partial charge in [0.25, 0.3) is 0 Å². The summed E-state index contributed by atoms with van der Waals surface area (Å²) in [5.74, 6) is 3.36. The Morgan fingerprint density at radius 1 is 1.09 bits per heavy atom. The van der Waals surface area contributed by atoms with Crippen LogP contribution < -0.4 is 14.8 Å². The number of anilines is 2. The topological polar surface area (TPSA) is 79.0 Å². The zero-order chi connectivity index (χ0) is 22.1. The van der Waals surface area contributed by atoms with Crippen LogP contribution in [-0.2, 0) is 6.54 Å². The van der Waals surface area contributed by atoms with E-state index >= 15 is 0 Å². The van der Waals surface area contributed by atoms with E-state index in [1.165, 1.54) is 5.56 Å². The Morgan fingerprint density at radius 2 is 2.00 bits per heavy atom. The number of methoxy groups -OCH3 is 2. The molecule has 8 nitrogen and oxygen atoms in total. The molecular weight excluding hydrogens is 404 g/mol. The summed E-state index contributed by atoms with van der Waals surface area (Å²) in [4.78, 5) is 9.14. The molecule has 164 valence electrons. The van der Waals surface area contributed by atoms with Gasteiger partial charge in [-0.25, -0.2) is 9.67 Å². The predicted octanol–water partition coefficient (Wildman–Crippen LogP) is 4.46. The maximum Gasteiger partial charge on any atom is 0.246 e. The Kier molecular flexibility index (Phi) is 5.26. The molecule has 0 radical (unpaired) electrons. The first kappa shape index (κ1) is 20.1. The molecule has 2 aromatic heterocycles. The van der Waals surface area contributed by atoms with Crippen molar-refractivity contribution >= 4 is 11.6 Å². The molecular formula is C24H26N6O2. The van der Waals surface area contributed by atoms with Crippen molar-refractivity contribution in [3.05, 3.63) is 72.1 Å². The third-order valence-corrected chi connectivity index (χ3v) is 5.80. The molecule has 0 amide bonds. The molecule has 0 spiro atoms. The van der Waals surface area contributed by atoms with Crippen molar-refractivity contribution < 1.29 is 9.47 Å². The molecule has 1 unspecified atom stereocenters. The van der Waals surface area contributed by atoms with E-state index in [0.29, 0.717) is 5.95 Å². The first-order valence-electron chi connectivity index (χ1n) is 10.7. The van der Waals surface area contributed by atoms with E-state index in [1.54, 1.807) is 20.5 Å². The maximum atomic E-state index is 5.62. The lowest BCUT2D eigenvalue weighted by atomic mass is 9.91. The van der Waals surface area contributed by atoms with Crippen LogP contribution in [0.25, 0.3) is 5.69 Å². The quantitative estimate of drug-likeness (QED) is 0.487. The number of benzene rings is 2. The number of ether oxygens (including phenoxy) is 2. The SMILES string of the molecule is COc1cccc(C2CCCn3nc(Nc4ccc(-n5cnc(C)c5)c(OC)c4)nc32)c1. The molecule has 1 aliphatic rings. The number of hydrogen-bond acceptors (Lipinski definition) is 6. The van der Waals surface area contributed by atoms with Crippen LogP contribution in [0.15, 0.2) is 55.0 Å². The van der Waals surface area contributed by atoms with Crippen LogP contribution in [0.3, 0.4) is 0 Å². The predicted molar refractivity (Wildman–Crippen MR) is 122 cm³/mol. The van der Waals surface area contributed by atoms with Gasteiger partial charge < -0.3 is 19.4 Å². The van der Waals surface area contributed by atoms with Crippen molar-refractivity contribution in [2.45, 2.75) is 32.2 Å². The molecule has 4 aromatic rings. The minimum absolute atomic E-state index is 0.197. The zero-order valence-electron chi connectivity index (χ0n) is 18.4. The number of fused-ring (bicyclic) bond motifs is 1. The highest BCUT2D eigenvalue weighted by molar-refractivity contribution is 5.62. The van der Waals surface area contributed by atoms with E-state index in [2.05, 4.69) is 22.4 Å². The first-order valence-corrected chi connectivity index (χ1v) is 10.7. The third kappa shape index (κ3) is 3.79. The molecule has 1 atom stereocenters. The second-order valence-electron chi connectivity index (χ2n) is 7.92. The fraction of sp³-hybridized carbons (Fsp3) is 0.292. The number of aromatic nitrogens is 5. The number of imidazole rings is 1. The second-order valence-corrected chi connectivity index (χ2v) is 7.92. The average molecular weight is 431 g/mol. The minimum Gasteiger partial charge on any atom is -0.497 e. The van der Waals surface area contributed by atoms with Crippen molar-refractivity contribution in [2.24, 2.45) is 0 Å². The number of hydrogen-bond donors (Lipinski definition) is 1. The molecule has 3 heterocycles. The number of aryl methyl sites for hydroxylation is 2. The van der Waals surface area contributed by atoms with Gasteiger partial charge in [-0.15, -0.1) is 5.10 Å². The smallest absolute Gasteiger partial charge is 0.246 e. The molecule has 2 aromatic carbocycles. The van der Waals surface area contributed by atoms with E-state index in [4.69, 9.17) is 19.6 Å². The molecule has 0 fully saturated rings. The van der Waals surface area contributed by atoms with Crippen molar-refractivity contribution in [3.8, 4) is 17.2 Å². The van der Waals surface area contributed by atoms with Crippen molar-refractivity contribution in [3.63, 3.8) is 0 Å². The van der Waals surface area contributed by atoms with Gasteiger partial charge in [-0.2, -0.15) is 4.98 Å². The summed E-state index contributed by atoms with van der Waals surface area (Å²) in [7, 11) is 3.36. The normalized spacial score (nSPS) is 15.3. The van der Waals surface area contributed by atoms with Gasteiger partial charge in [0.15, 0.2) is 0 Å². The Hall–Kier alpha value is -3.81. The lowest BCUT2D eigenvalue weighted by molar-refractivity contribution is 0.411. The van der Waals surface area contributed by atoms with Gasteiger partial charge in [0.1, 0.15) is 17.3 Å². The Balaban J connectivity index is 1.42. The third-order valence-electron chi connectivity index (χ3n) is 5.80. The van der Waals surface area contributed by atoms with E-state index in [1.807, 2.05) is 52.7 Å². The minimum atomic E-state index is 0.197. The number of nitrogens with one attached hydrogen (secondary N) is 1. The summed E-state index contributed by atoms with van der Waals surface area (Å²) in [5, 5.41) is 8.05. The number of nitrogens with zero attached hydrogens (tertiary/aromatic N) is 5. The summed E-state index contributed by atoms with van der Waals surface area (Å²) in [5.41, 5.74) is 3.94. The highest BCUT2D eigenvalue weighted by Crippen LogP contribution is 2.35. The summed E-state index contributed by atoms with van der Waals surface area (Å²) in [6, 6.07) is 14.1. The second kappa shape index (κ2) is 8.37. The van der Waals surface area contributed by atoms with Crippen molar-refractivity contribution in [2.75, 3.05) is 19.5 Å². The molecule has 32 heavy (non-hydrogen) atoms. The standard InChI is InChI=1S/C24H26N6O2/c1-16-14-29(15-25-16)21-10-9-18(13-22(21)32-3)26-24-27-23-20(8-5-11-30(23)28-24)17-6-4-7-19(12-17)31-2/h4,6-7,9-10,12-15,20H,5,8,11H2,1-3H3,(H,26,28). The van der Waals surface area contributed by atoms with Crippen LogP contribution in [-0.4, -0.2) is 38.5 Å². The van der Waals surface area contributed by atoms with Gasteiger partial charge in [-0.1, -0.05) is 12.1 Å². The van der Waals surface area contributed by atoms with E-state index in [-0.39, 0.29) is 5.92 Å². The highest BCUT2D eigenvalue weighted by atomic mass is 16.5.